The Morgan fingerprint density at radius 2 is 2.70 bits per heavy atom. The molecule has 0 aliphatic heterocycles. The predicted molar refractivity (Wildman–Crippen MR) is 33.1 cm³/mol. The second-order valence-electron chi connectivity index (χ2n) is 1.76. The maximum absolute atomic E-state index is 10.7. The number of nitrogens with zero attached hydrogens (tertiary/aromatic N) is 3. The molecule has 0 saturated heterocycles. The molecule has 0 amide bonds. The average molecular weight is 138 g/mol. The molecule has 5 nitrogen and oxygen atoms in total. The number of aromatic nitrogens is 3. The summed E-state index contributed by atoms with van der Waals surface area (Å²) in [6, 6.07) is 1.93. The number of H-pyrrole nitrogens is 1. The van der Waals surface area contributed by atoms with E-state index in [-0.39, 0.29) is 5.56 Å². The van der Waals surface area contributed by atoms with E-state index in [1.54, 1.807) is 0 Å². The molecule has 0 atom stereocenters. The van der Waals surface area contributed by atoms with E-state index < -0.39 is 0 Å². The van der Waals surface area contributed by atoms with Crippen LogP contribution >= 0.6 is 0 Å². The van der Waals surface area contributed by atoms with Crippen LogP contribution in [-0.4, -0.2) is 15.0 Å². The summed E-state index contributed by atoms with van der Waals surface area (Å²) in [4.78, 5) is 10.7. The smallest absolute Gasteiger partial charge is 0.266 e. The van der Waals surface area contributed by atoms with Crippen LogP contribution in [0, 0.1) is 11.3 Å². The van der Waals surface area contributed by atoms with Gasteiger partial charge in [0, 0.05) is 0 Å². The van der Waals surface area contributed by atoms with E-state index in [0.29, 0.717) is 13.0 Å². The van der Waals surface area contributed by atoms with Gasteiger partial charge in [-0.3, -0.25) is 4.79 Å². The average Bonchev–Trinajstić information content (AvgIpc) is 2.31. The molecule has 0 spiro atoms. The standard InChI is InChI=1S/C5H6N4O/c6-2-1-3-9-5(10)4-7-8-9/h4,8H,1,3H2. The minimum absolute atomic E-state index is 0.199. The van der Waals surface area contributed by atoms with Gasteiger partial charge in [-0.2, -0.15) is 10.4 Å². The molecule has 0 unspecified atom stereocenters. The largest absolute Gasteiger partial charge is 0.286 e. The zero-order valence-electron chi connectivity index (χ0n) is 5.24. The summed E-state index contributed by atoms with van der Waals surface area (Å²) in [6.07, 6.45) is 1.50. The van der Waals surface area contributed by atoms with Crippen LogP contribution in [0.25, 0.3) is 0 Å². The van der Waals surface area contributed by atoms with Crippen molar-refractivity contribution >= 4 is 0 Å². The second-order valence-corrected chi connectivity index (χ2v) is 1.76. The number of nitrogens with one attached hydrogen (secondary N) is 1. The van der Waals surface area contributed by atoms with E-state index >= 15 is 0 Å². The van der Waals surface area contributed by atoms with Crippen LogP contribution in [0.4, 0.5) is 0 Å². The van der Waals surface area contributed by atoms with Crippen molar-refractivity contribution in [2.45, 2.75) is 13.0 Å². The SMILES string of the molecule is N#CCCn1[nH]ncc1=O. The summed E-state index contributed by atoms with van der Waals surface area (Å²) in [7, 11) is 0. The van der Waals surface area contributed by atoms with Gasteiger partial charge < -0.3 is 0 Å². The lowest BCUT2D eigenvalue weighted by Crippen LogP contribution is -2.15. The lowest BCUT2D eigenvalue weighted by molar-refractivity contribution is 0.584. The van der Waals surface area contributed by atoms with Crippen LogP contribution < -0.4 is 5.56 Å². The fourth-order valence-electron chi connectivity index (χ4n) is 0.595. The zero-order valence-corrected chi connectivity index (χ0v) is 5.24. The van der Waals surface area contributed by atoms with E-state index in [1.807, 2.05) is 6.07 Å². The Balaban J connectivity index is 2.68. The lowest BCUT2D eigenvalue weighted by Gasteiger charge is -1.91. The van der Waals surface area contributed by atoms with Crippen LogP contribution in [0.15, 0.2) is 11.0 Å². The molecule has 1 aromatic rings. The third-order valence-corrected chi connectivity index (χ3v) is 1.07. The first-order valence-electron chi connectivity index (χ1n) is 2.82. The van der Waals surface area contributed by atoms with Gasteiger partial charge in [0.25, 0.3) is 5.56 Å². The summed E-state index contributed by atoms with van der Waals surface area (Å²) < 4.78 is 1.28. The Hall–Kier alpha value is -1.57. The van der Waals surface area contributed by atoms with Crippen molar-refractivity contribution in [3.63, 3.8) is 0 Å². The molecule has 0 fully saturated rings. The van der Waals surface area contributed by atoms with E-state index in [9.17, 15) is 4.79 Å². The van der Waals surface area contributed by atoms with Gasteiger partial charge >= 0.3 is 0 Å². The molecule has 1 aromatic heterocycles. The molecule has 0 radical (unpaired) electrons. The third kappa shape index (κ3) is 1.23. The number of aromatic amines is 1. The molecule has 0 bridgehead atoms. The Morgan fingerprint density at radius 1 is 1.90 bits per heavy atom. The Bertz CT molecular complexity index is 291. The molecule has 0 saturated carbocycles. The molecular formula is C5H6N4O. The number of hydrogen-bond donors (Lipinski definition) is 1. The van der Waals surface area contributed by atoms with Gasteiger partial charge in [0.15, 0.2) is 0 Å². The van der Waals surface area contributed by atoms with Crippen molar-refractivity contribution < 1.29 is 0 Å². The molecule has 5 heteroatoms. The van der Waals surface area contributed by atoms with Crippen molar-refractivity contribution in [2.75, 3.05) is 0 Å². The third-order valence-electron chi connectivity index (χ3n) is 1.07. The highest BCUT2D eigenvalue weighted by atomic mass is 16.1. The molecule has 0 aliphatic rings. The van der Waals surface area contributed by atoms with Crippen LogP contribution in [0.5, 0.6) is 0 Å². The molecule has 1 rings (SSSR count). The Morgan fingerprint density at radius 3 is 3.20 bits per heavy atom. The van der Waals surface area contributed by atoms with Crippen LogP contribution in [0.2, 0.25) is 0 Å². The van der Waals surface area contributed by atoms with E-state index in [1.165, 1.54) is 10.9 Å². The predicted octanol–water partition coefficient (Wildman–Crippen LogP) is -0.515. The minimum Gasteiger partial charge on any atom is -0.266 e. The van der Waals surface area contributed by atoms with E-state index in [2.05, 4.69) is 10.3 Å². The fourth-order valence-corrected chi connectivity index (χ4v) is 0.595. The van der Waals surface area contributed by atoms with Gasteiger partial charge in [-0.05, 0) is 0 Å². The van der Waals surface area contributed by atoms with Crippen LogP contribution in [-0.2, 0) is 6.54 Å². The van der Waals surface area contributed by atoms with Crippen LogP contribution in [0.1, 0.15) is 6.42 Å². The van der Waals surface area contributed by atoms with E-state index in [0.717, 1.165) is 0 Å². The Kier molecular flexibility index (Phi) is 1.85. The van der Waals surface area contributed by atoms with Crippen molar-refractivity contribution in [3.8, 4) is 6.07 Å². The first-order valence-corrected chi connectivity index (χ1v) is 2.82. The van der Waals surface area contributed by atoms with Gasteiger partial charge in [-0.15, -0.1) is 0 Å². The Labute approximate surface area is 56.9 Å². The number of rotatable bonds is 2. The molecular weight excluding hydrogens is 132 g/mol. The fraction of sp³-hybridized carbons (Fsp3) is 0.400. The number of hydrogen-bond acceptors (Lipinski definition) is 3. The molecule has 52 valence electrons. The van der Waals surface area contributed by atoms with E-state index in [4.69, 9.17) is 5.26 Å². The first kappa shape index (κ1) is 6.55. The lowest BCUT2D eigenvalue weighted by atomic mass is 10.5. The van der Waals surface area contributed by atoms with Gasteiger partial charge in [0.05, 0.1) is 19.0 Å². The van der Waals surface area contributed by atoms with Crippen LogP contribution in [0.3, 0.4) is 0 Å². The highest BCUT2D eigenvalue weighted by Crippen LogP contribution is 1.78. The van der Waals surface area contributed by atoms with Crippen molar-refractivity contribution in [1.82, 2.24) is 15.0 Å². The minimum atomic E-state index is -0.199. The molecule has 0 aromatic carbocycles. The van der Waals surface area contributed by atoms with Gasteiger partial charge in [0.2, 0.25) is 0 Å². The number of aryl methyl sites for hydroxylation is 1. The highest BCUT2D eigenvalue weighted by molar-refractivity contribution is 4.72. The molecule has 1 heterocycles. The molecule has 10 heavy (non-hydrogen) atoms. The topological polar surface area (TPSA) is 74.5 Å². The maximum Gasteiger partial charge on any atom is 0.286 e. The number of nitriles is 1. The first-order chi connectivity index (χ1) is 4.84. The monoisotopic (exact) mass is 138 g/mol. The maximum atomic E-state index is 10.7. The summed E-state index contributed by atoms with van der Waals surface area (Å²) in [5.41, 5.74) is -0.199. The zero-order chi connectivity index (χ0) is 7.40. The summed E-state index contributed by atoms with van der Waals surface area (Å²) in [5, 5.41) is 14.1. The summed E-state index contributed by atoms with van der Waals surface area (Å²) >= 11 is 0. The van der Waals surface area contributed by atoms with Gasteiger partial charge in [-0.25, -0.2) is 9.90 Å². The highest BCUT2D eigenvalue weighted by Gasteiger charge is 1.93. The van der Waals surface area contributed by atoms with Crippen molar-refractivity contribution in [1.29, 1.82) is 5.26 Å². The second kappa shape index (κ2) is 2.82. The van der Waals surface area contributed by atoms with Crippen molar-refractivity contribution in [3.05, 3.63) is 16.6 Å². The van der Waals surface area contributed by atoms with Crippen molar-refractivity contribution in [2.24, 2.45) is 0 Å². The summed E-state index contributed by atoms with van der Waals surface area (Å²) in [5.74, 6) is 0. The molecule has 0 aliphatic carbocycles. The quantitative estimate of drug-likeness (QED) is 0.597. The van der Waals surface area contributed by atoms with Gasteiger partial charge in [0.1, 0.15) is 6.20 Å². The van der Waals surface area contributed by atoms with Gasteiger partial charge in [-0.1, -0.05) is 0 Å². The molecule has 1 N–H and O–H groups in total. The summed E-state index contributed by atoms with van der Waals surface area (Å²) in [6.45, 7) is 0.384. The normalized spacial score (nSPS) is 9.10.